The molecule has 0 bridgehead atoms. The molecule has 12 heavy (non-hydrogen) atoms. The Morgan fingerprint density at radius 3 is 2.33 bits per heavy atom. The second kappa shape index (κ2) is 3.31. The Hall–Kier alpha value is -1.43. The molecule has 0 spiro atoms. The molecule has 0 saturated carbocycles. The zero-order valence-corrected chi connectivity index (χ0v) is 6.78. The number of benzene rings is 1. The van der Waals surface area contributed by atoms with Crippen molar-refractivity contribution in [2.24, 2.45) is 5.28 Å². The first kappa shape index (κ1) is 8.66. The Morgan fingerprint density at radius 1 is 1.25 bits per heavy atom. The van der Waals surface area contributed by atoms with Crippen molar-refractivity contribution in [1.82, 2.24) is 0 Å². The highest BCUT2D eigenvalue weighted by Gasteiger charge is 2.13. The maximum atomic E-state index is 11.0. The predicted molar refractivity (Wildman–Crippen MR) is 39.9 cm³/mol. The van der Waals surface area contributed by atoms with Crippen LogP contribution in [0.4, 0.5) is 0 Å². The highest BCUT2D eigenvalue weighted by atomic mass is 32.2. The lowest BCUT2D eigenvalue weighted by molar-refractivity contribution is 0.301. The highest BCUT2D eigenvalue weighted by Crippen LogP contribution is 2.10. The van der Waals surface area contributed by atoms with Crippen molar-refractivity contribution in [2.75, 3.05) is 0 Å². The van der Waals surface area contributed by atoms with E-state index in [0.29, 0.717) is 0 Å². The molecule has 0 aliphatic rings. The minimum absolute atomic E-state index is 0.0130. The van der Waals surface area contributed by atoms with E-state index in [1.165, 1.54) is 12.1 Å². The van der Waals surface area contributed by atoms with Gasteiger partial charge in [0.25, 0.3) is 0 Å². The summed E-state index contributed by atoms with van der Waals surface area (Å²) in [5.74, 6) is 0. The number of rotatable bonds is 3. The maximum Gasteiger partial charge on any atom is 0.359 e. The summed E-state index contributed by atoms with van der Waals surface area (Å²) in [5.41, 5.74) is 6.23. The third kappa shape index (κ3) is 1.79. The smallest absolute Gasteiger partial charge is 0.245 e. The standard InChI is InChI=1S/C6H6N2O3S/c7-8-11-12(9,10)6-4-2-1-3-5-6/h1-5,7H. The first-order valence-corrected chi connectivity index (χ1v) is 4.43. The lowest BCUT2D eigenvalue weighted by Gasteiger charge is -1.97. The van der Waals surface area contributed by atoms with Crippen LogP contribution in [0.15, 0.2) is 40.5 Å². The van der Waals surface area contributed by atoms with E-state index >= 15 is 0 Å². The van der Waals surface area contributed by atoms with Gasteiger partial charge in [-0.25, -0.2) is 4.28 Å². The number of nitrogens with zero attached hydrogens (tertiary/aromatic N) is 1. The van der Waals surface area contributed by atoms with Crippen molar-refractivity contribution in [3.63, 3.8) is 0 Å². The molecule has 1 aromatic rings. The Bertz CT molecular complexity index is 360. The Morgan fingerprint density at radius 2 is 1.83 bits per heavy atom. The van der Waals surface area contributed by atoms with Gasteiger partial charge in [0.1, 0.15) is 4.90 Å². The summed E-state index contributed by atoms with van der Waals surface area (Å²) in [6.07, 6.45) is 0. The zero-order chi connectivity index (χ0) is 9.03. The lowest BCUT2D eigenvalue weighted by atomic mass is 10.4. The van der Waals surface area contributed by atoms with E-state index in [2.05, 4.69) is 9.56 Å². The molecular formula is C6H6N2O3S. The summed E-state index contributed by atoms with van der Waals surface area (Å²) in [4.78, 5) is -0.0130. The summed E-state index contributed by atoms with van der Waals surface area (Å²) >= 11 is 0. The minimum Gasteiger partial charge on any atom is -0.245 e. The fraction of sp³-hybridized carbons (Fsp3) is 0. The van der Waals surface area contributed by atoms with Crippen LogP contribution < -0.4 is 0 Å². The normalized spacial score (nSPS) is 10.7. The third-order valence-electron chi connectivity index (χ3n) is 1.17. The predicted octanol–water partition coefficient (Wildman–Crippen LogP) is 1.34. The molecule has 1 rings (SSSR count). The lowest BCUT2D eigenvalue weighted by Crippen LogP contribution is -2.00. The molecule has 1 aromatic carbocycles. The fourth-order valence-electron chi connectivity index (χ4n) is 0.679. The largest absolute Gasteiger partial charge is 0.359 e. The van der Waals surface area contributed by atoms with Gasteiger partial charge in [0, 0.05) is 5.28 Å². The van der Waals surface area contributed by atoms with Gasteiger partial charge in [-0.1, -0.05) is 18.2 Å². The summed E-state index contributed by atoms with van der Waals surface area (Å²) in [5, 5.41) is 2.35. The molecule has 0 fully saturated rings. The van der Waals surface area contributed by atoms with E-state index in [1.54, 1.807) is 18.2 Å². The van der Waals surface area contributed by atoms with Gasteiger partial charge in [0.15, 0.2) is 0 Å². The highest BCUT2D eigenvalue weighted by molar-refractivity contribution is 7.86. The van der Waals surface area contributed by atoms with E-state index in [1.807, 2.05) is 0 Å². The number of hydrogen-bond acceptors (Lipinski definition) is 5. The molecule has 0 aliphatic heterocycles. The second-order valence-electron chi connectivity index (χ2n) is 1.93. The second-order valence-corrected chi connectivity index (χ2v) is 3.46. The van der Waals surface area contributed by atoms with Crippen molar-refractivity contribution in [3.8, 4) is 0 Å². The molecule has 64 valence electrons. The third-order valence-corrected chi connectivity index (χ3v) is 2.29. The summed E-state index contributed by atoms with van der Waals surface area (Å²) in [6, 6.07) is 7.51. The van der Waals surface area contributed by atoms with E-state index in [-0.39, 0.29) is 4.90 Å². The average Bonchev–Trinajstić information content (AvgIpc) is 2.06. The van der Waals surface area contributed by atoms with Gasteiger partial charge in [-0.05, 0) is 12.1 Å². The molecule has 0 radical (unpaired) electrons. The molecule has 0 atom stereocenters. The van der Waals surface area contributed by atoms with Crippen molar-refractivity contribution in [1.29, 1.82) is 5.53 Å². The van der Waals surface area contributed by atoms with Gasteiger partial charge in [-0.2, -0.15) is 13.9 Å². The molecule has 6 heteroatoms. The topological polar surface area (TPSA) is 79.6 Å². The van der Waals surface area contributed by atoms with Crippen LogP contribution in [0, 0.1) is 5.53 Å². The van der Waals surface area contributed by atoms with Crippen LogP contribution in [-0.2, 0) is 14.4 Å². The van der Waals surface area contributed by atoms with Crippen LogP contribution in [0.25, 0.3) is 0 Å². The average molecular weight is 186 g/mol. The first-order chi connectivity index (χ1) is 5.67. The molecule has 5 nitrogen and oxygen atoms in total. The molecule has 0 aliphatic carbocycles. The van der Waals surface area contributed by atoms with Crippen molar-refractivity contribution >= 4 is 10.1 Å². The van der Waals surface area contributed by atoms with Gasteiger partial charge in [-0.3, -0.25) is 0 Å². The van der Waals surface area contributed by atoms with E-state index in [9.17, 15) is 8.42 Å². The van der Waals surface area contributed by atoms with Gasteiger partial charge in [0.05, 0.1) is 0 Å². The SMILES string of the molecule is N=NOS(=O)(=O)c1ccccc1. The van der Waals surface area contributed by atoms with E-state index < -0.39 is 10.1 Å². The van der Waals surface area contributed by atoms with Gasteiger partial charge in [0.2, 0.25) is 0 Å². The van der Waals surface area contributed by atoms with E-state index in [0.717, 1.165) is 0 Å². The van der Waals surface area contributed by atoms with Crippen LogP contribution in [0.5, 0.6) is 0 Å². The van der Waals surface area contributed by atoms with Gasteiger partial charge in [-0.15, -0.1) is 0 Å². The molecule has 0 saturated heterocycles. The monoisotopic (exact) mass is 186 g/mol. The molecule has 1 N–H and O–H groups in total. The summed E-state index contributed by atoms with van der Waals surface area (Å²) in [6.45, 7) is 0. The van der Waals surface area contributed by atoms with Crippen LogP contribution >= 0.6 is 0 Å². The van der Waals surface area contributed by atoms with E-state index in [4.69, 9.17) is 5.53 Å². The van der Waals surface area contributed by atoms with Crippen LogP contribution in [0.3, 0.4) is 0 Å². The Kier molecular flexibility index (Phi) is 2.39. The van der Waals surface area contributed by atoms with Crippen LogP contribution in [0.1, 0.15) is 0 Å². The molecule has 0 aromatic heterocycles. The number of hydrogen-bond donors (Lipinski definition) is 1. The van der Waals surface area contributed by atoms with Crippen LogP contribution in [0.2, 0.25) is 0 Å². The molecular weight excluding hydrogens is 180 g/mol. The fourth-order valence-corrected chi connectivity index (χ4v) is 1.35. The molecule has 0 heterocycles. The Labute approximate surface area is 69.6 Å². The van der Waals surface area contributed by atoms with Crippen molar-refractivity contribution in [3.05, 3.63) is 30.3 Å². The maximum absolute atomic E-state index is 11.0. The van der Waals surface area contributed by atoms with Gasteiger partial charge >= 0.3 is 10.1 Å². The quantitative estimate of drug-likeness (QED) is 0.571. The molecule has 0 unspecified atom stereocenters. The summed E-state index contributed by atoms with van der Waals surface area (Å²) in [7, 11) is -3.86. The molecule has 0 amide bonds. The van der Waals surface area contributed by atoms with Crippen LogP contribution in [-0.4, -0.2) is 8.42 Å². The zero-order valence-electron chi connectivity index (χ0n) is 5.97. The van der Waals surface area contributed by atoms with Crippen molar-refractivity contribution in [2.45, 2.75) is 4.90 Å². The minimum atomic E-state index is -3.86. The number of nitrogens with one attached hydrogen (secondary N) is 1. The van der Waals surface area contributed by atoms with Gasteiger partial charge < -0.3 is 0 Å². The van der Waals surface area contributed by atoms with Crippen molar-refractivity contribution < 1.29 is 12.7 Å². The first-order valence-electron chi connectivity index (χ1n) is 3.02. The Balaban J connectivity index is 3.07. The summed E-state index contributed by atoms with van der Waals surface area (Å²) < 4.78 is 25.9.